The SMILES string of the molecule is CC(C)C[C@H](N)C(=O)Nc1ccc(Cc2ccncc2)cc1.Cl.Cl. The van der Waals surface area contributed by atoms with Gasteiger partial charge in [-0.3, -0.25) is 9.78 Å². The Bertz CT molecular complexity index is 603. The van der Waals surface area contributed by atoms with Crippen LogP contribution in [0.25, 0.3) is 0 Å². The minimum absolute atomic E-state index is 0. The summed E-state index contributed by atoms with van der Waals surface area (Å²) < 4.78 is 0. The first-order chi connectivity index (χ1) is 10.5. The van der Waals surface area contributed by atoms with Gasteiger partial charge in [-0.1, -0.05) is 26.0 Å². The van der Waals surface area contributed by atoms with Gasteiger partial charge in [-0.25, -0.2) is 0 Å². The molecule has 1 aromatic carbocycles. The van der Waals surface area contributed by atoms with Crippen molar-refractivity contribution in [3.63, 3.8) is 0 Å². The summed E-state index contributed by atoms with van der Waals surface area (Å²) in [6, 6.07) is 11.4. The van der Waals surface area contributed by atoms with Crippen LogP contribution in [0.3, 0.4) is 0 Å². The highest BCUT2D eigenvalue weighted by molar-refractivity contribution is 5.94. The summed E-state index contributed by atoms with van der Waals surface area (Å²) in [4.78, 5) is 16.0. The number of nitrogens with one attached hydrogen (secondary N) is 1. The van der Waals surface area contributed by atoms with Gasteiger partial charge < -0.3 is 11.1 Å². The molecule has 4 nitrogen and oxygen atoms in total. The van der Waals surface area contributed by atoms with Crippen LogP contribution in [0.4, 0.5) is 5.69 Å². The third-order valence-electron chi connectivity index (χ3n) is 3.44. The molecule has 0 aliphatic carbocycles. The van der Waals surface area contributed by atoms with E-state index in [1.165, 1.54) is 11.1 Å². The Morgan fingerprint density at radius 1 is 1.04 bits per heavy atom. The molecule has 132 valence electrons. The normalized spacial score (nSPS) is 11.2. The predicted molar refractivity (Wildman–Crippen MR) is 104 cm³/mol. The minimum atomic E-state index is -0.462. The highest BCUT2D eigenvalue weighted by Gasteiger charge is 2.14. The fraction of sp³-hybridized carbons (Fsp3) is 0.333. The molecule has 24 heavy (non-hydrogen) atoms. The van der Waals surface area contributed by atoms with E-state index in [0.29, 0.717) is 12.3 Å². The van der Waals surface area contributed by atoms with Crippen molar-refractivity contribution in [1.29, 1.82) is 0 Å². The molecule has 0 fully saturated rings. The quantitative estimate of drug-likeness (QED) is 0.812. The van der Waals surface area contributed by atoms with Crippen LogP contribution in [0.2, 0.25) is 0 Å². The number of aromatic nitrogens is 1. The van der Waals surface area contributed by atoms with Gasteiger partial charge in [-0.2, -0.15) is 0 Å². The Hall–Kier alpha value is -1.62. The van der Waals surface area contributed by atoms with E-state index in [0.717, 1.165) is 12.1 Å². The second-order valence-electron chi connectivity index (χ2n) is 5.95. The number of halogens is 2. The minimum Gasteiger partial charge on any atom is -0.325 e. The van der Waals surface area contributed by atoms with Crippen LogP contribution >= 0.6 is 24.8 Å². The summed E-state index contributed by atoms with van der Waals surface area (Å²) >= 11 is 0. The number of hydrogen-bond donors (Lipinski definition) is 2. The van der Waals surface area contributed by atoms with E-state index in [-0.39, 0.29) is 30.7 Å². The van der Waals surface area contributed by atoms with Crippen LogP contribution in [-0.4, -0.2) is 16.9 Å². The van der Waals surface area contributed by atoms with Gasteiger partial charge in [-0.15, -0.1) is 24.8 Å². The first-order valence-electron chi connectivity index (χ1n) is 7.59. The molecule has 0 radical (unpaired) electrons. The molecule has 0 unspecified atom stereocenters. The Morgan fingerprint density at radius 2 is 1.58 bits per heavy atom. The average molecular weight is 370 g/mol. The summed E-state index contributed by atoms with van der Waals surface area (Å²) in [5.41, 5.74) is 9.06. The fourth-order valence-corrected chi connectivity index (χ4v) is 2.29. The summed E-state index contributed by atoms with van der Waals surface area (Å²) in [5.74, 6) is 0.277. The number of pyridine rings is 1. The van der Waals surface area contributed by atoms with Crippen LogP contribution in [-0.2, 0) is 11.2 Å². The maximum atomic E-state index is 12.0. The van der Waals surface area contributed by atoms with Gasteiger partial charge in [0.2, 0.25) is 5.91 Å². The highest BCUT2D eigenvalue weighted by atomic mass is 35.5. The van der Waals surface area contributed by atoms with Crippen LogP contribution in [0.1, 0.15) is 31.4 Å². The van der Waals surface area contributed by atoms with E-state index >= 15 is 0 Å². The number of carbonyl (C=O) groups is 1. The summed E-state index contributed by atoms with van der Waals surface area (Å²) in [6.45, 7) is 4.11. The molecular weight excluding hydrogens is 345 g/mol. The molecule has 0 spiro atoms. The van der Waals surface area contributed by atoms with Gasteiger partial charge in [0.1, 0.15) is 0 Å². The lowest BCUT2D eigenvalue weighted by atomic mass is 10.0. The monoisotopic (exact) mass is 369 g/mol. The van der Waals surface area contributed by atoms with Gasteiger partial charge in [0.25, 0.3) is 0 Å². The lowest BCUT2D eigenvalue weighted by Crippen LogP contribution is -2.36. The molecular formula is C18H25Cl2N3O. The van der Waals surface area contributed by atoms with E-state index in [2.05, 4.69) is 24.1 Å². The number of nitrogens with two attached hydrogens (primary N) is 1. The summed E-state index contributed by atoms with van der Waals surface area (Å²) in [7, 11) is 0. The Kier molecular flexibility index (Phi) is 10.3. The molecule has 1 amide bonds. The van der Waals surface area contributed by atoms with Crippen LogP contribution < -0.4 is 11.1 Å². The van der Waals surface area contributed by atoms with Crippen LogP contribution in [0, 0.1) is 5.92 Å². The van der Waals surface area contributed by atoms with Crippen molar-refractivity contribution >= 4 is 36.4 Å². The van der Waals surface area contributed by atoms with Crippen molar-refractivity contribution in [3.05, 3.63) is 59.9 Å². The Balaban J connectivity index is 0.00000264. The van der Waals surface area contributed by atoms with Crippen molar-refractivity contribution < 1.29 is 4.79 Å². The smallest absolute Gasteiger partial charge is 0.241 e. The van der Waals surface area contributed by atoms with Gasteiger partial charge >= 0.3 is 0 Å². The topological polar surface area (TPSA) is 68.0 Å². The number of amides is 1. The van der Waals surface area contributed by atoms with E-state index < -0.39 is 6.04 Å². The molecule has 0 saturated carbocycles. The fourth-order valence-electron chi connectivity index (χ4n) is 2.29. The Labute approximate surface area is 156 Å². The summed E-state index contributed by atoms with van der Waals surface area (Å²) in [5, 5.41) is 2.86. The number of hydrogen-bond acceptors (Lipinski definition) is 3. The predicted octanol–water partition coefficient (Wildman–Crippen LogP) is 3.83. The molecule has 1 aromatic heterocycles. The highest BCUT2D eigenvalue weighted by Crippen LogP contribution is 2.14. The number of benzene rings is 1. The third kappa shape index (κ3) is 7.30. The molecule has 1 heterocycles. The lowest BCUT2D eigenvalue weighted by molar-refractivity contribution is -0.117. The summed E-state index contributed by atoms with van der Waals surface area (Å²) in [6.07, 6.45) is 5.12. The van der Waals surface area contributed by atoms with Crippen molar-refractivity contribution in [2.45, 2.75) is 32.7 Å². The maximum Gasteiger partial charge on any atom is 0.241 e. The largest absolute Gasteiger partial charge is 0.325 e. The van der Waals surface area contributed by atoms with Crippen LogP contribution in [0.15, 0.2) is 48.8 Å². The van der Waals surface area contributed by atoms with Gasteiger partial charge in [0.15, 0.2) is 0 Å². The van der Waals surface area contributed by atoms with Gasteiger partial charge in [0, 0.05) is 18.1 Å². The molecule has 0 bridgehead atoms. The second-order valence-corrected chi connectivity index (χ2v) is 5.95. The van der Waals surface area contributed by atoms with Crippen molar-refractivity contribution in [2.75, 3.05) is 5.32 Å². The van der Waals surface area contributed by atoms with Crippen molar-refractivity contribution in [2.24, 2.45) is 11.7 Å². The molecule has 0 aliphatic heterocycles. The zero-order chi connectivity index (χ0) is 15.9. The third-order valence-corrected chi connectivity index (χ3v) is 3.44. The number of anilines is 1. The molecule has 1 atom stereocenters. The van der Waals surface area contributed by atoms with Crippen molar-refractivity contribution in [1.82, 2.24) is 4.98 Å². The van der Waals surface area contributed by atoms with E-state index in [1.807, 2.05) is 36.4 Å². The lowest BCUT2D eigenvalue weighted by Gasteiger charge is -2.14. The number of carbonyl (C=O) groups excluding carboxylic acids is 1. The zero-order valence-electron chi connectivity index (χ0n) is 13.9. The molecule has 0 saturated heterocycles. The first kappa shape index (κ1) is 22.4. The molecule has 6 heteroatoms. The zero-order valence-corrected chi connectivity index (χ0v) is 15.6. The van der Waals surface area contributed by atoms with Gasteiger partial charge in [-0.05, 0) is 54.2 Å². The van der Waals surface area contributed by atoms with Crippen molar-refractivity contribution in [3.8, 4) is 0 Å². The van der Waals surface area contributed by atoms with Crippen LogP contribution in [0.5, 0.6) is 0 Å². The Morgan fingerprint density at radius 3 is 2.12 bits per heavy atom. The molecule has 2 aromatic rings. The number of rotatable bonds is 6. The van der Waals surface area contributed by atoms with E-state index in [1.54, 1.807) is 12.4 Å². The average Bonchev–Trinajstić information content (AvgIpc) is 2.49. The second kappa shape index (κ2) is 11.0. The van der Waals surface area contributed by atoms with E-state index in [9.17, 15) is 4.79 Å². The maximum absolute atomic E-state index is 12.0. The molecule has 0 aliphatic rings. The number of nitrogens with zero attached hydrogens (tertiary/aromatic N) is 1. The molecule has 2 rings (SSSR count). The standard InChI is InChI=1S/C18H23N3O.2ClH/c1-13(2)11-17(19)18(22)21-16-5-3-14(4-6-16)12-15-7-9-20-10-8-15;;/h3-10,13,17H,11-12,19H2,1-2H3,(H,21,22);2*1H/t17-;;/m0../s1. The first-order valence-corrected chi connectivity index (χ1v) is 7.59. The van der Waals surface area contributed by atoms with Gasteiger partial charge in [0.05, 0.1) is 6.04 Å². The van der Waals surface area contributed by atoms with E-state index in [4.69, 9.17) is 5.73 Å². The molecule has 3 N–H and O–H groups in total.